The summed E-state index contributed by atoms with van der Waals surface area (Å²) in [5.41, 5.74) is 1.45. The number of hydrogen-bond donors (Lipinski definition) is 1. The number of rotatable bonds is 2. The first-order valence-corrected chi connectivity index (χ1v) is 6.79. The second-order valence-corrected chi connectivity index (χ2v) is 5.03. The summed E-state index contributed by atoms with van der Waals surface area (Å²) in [6, 6.07) is 15.8. The molecule has 0 radical (unpaired) electrons. The van der Waals surface area contributed by atoms with Crippen LogP contribution in [0.5, 0.6) is 0 Å². The van der Waals surface area contributed by atoms with Crippen LogP contribution in [0.2, 0.25) is 0 Å². The van der Waals surface area contributed by atoms with Gasteiger partial charge in [-0.15, -0.1) is 0 Å². The lowest BCUT2D eigenvalue weighted by molar-refractivity contribution is 0.186. The number of benzene rings is 2. The highest BCUT2D eigenvalue weighted by Crippen LogP contribution is 2.27. The maximum absolute atomic E-state index is 3.42. The molecule has 2 heteroatoms. The van der Waals surface area contributed by atoms with Crippen LogP contribution < -0.4 is 5.32 Å². The van der Waals surface area contributed by atoms with Gasteiger partial charge in [0, 0.05) is 32.2 Å². The Bertz CT molecular complexity index is 524. The zero-order valence-electron chi connectivity index (χ0n) is 10.9. The Morgan fingerprint density at radius 3 is 2.56 bits per heavy atom. The second kappa shape index (κ2) is 5.09. The number of fused-ring (bicyclic) bond motifs is 1. The van der Waals surface area contributed by atoms with Crippen LogP contribution in [-0.2, 0) is 0 Å². The maximum atomic E-state index is 3.42. The smallest absolute Gasteiger partial charge is 0.0327 e. The van der Waals surface area contributed by atoms with Gasteiger partial charge in [0.15, 0.2) is 0 Å². The number of nitrogens with zero attached hydrogens (tertiary/aromatic N) is 1. The highest BCUT2D eigenvalue weighted by atomic mass is 15.2. The third-order valence-corrected chi connectivity index (χ3v) is 3.97. The van der Waals surface area contributed by atoms with E-state index in [4.69, 9.17) is 0 Å². The Labute approximate surface area is 109 Å². The van der Waals surface area contributed by atoms with Gasteiger partial charge in [-0.1, -0.05) is 42.5 Å². The molecule has 2 aromatic carbocycles. The fraction of sp³-hybridized carbons (Fsp3) is 0.375. The van der Waals surface area contributed by atoms with Crippen molar-refractivity contribution in [2.45, 2.75) is 13.0 Å². The van der Waals surface area contributed by atoms with Crippen molar-refractivity contribution in [3.63, 3.8) is 0 Å². The predicted molar refractivity (Wildman–Crippen MR) is 76.8 cm³/mol. The minimum absolute atomic E-state index is 0.498. The Morgan fingerprint density at radius 1 is 1.00 bits per heavy atom. The maximum Gasteiger partial charge on any atom is 0.0327 e. The molecule has 3 rings (SSSR count). The molecular formula is C16H20N2. The average molecular weight is 240 g/mol. The molecular weight excluding hydrogens is 220 g/mol. The van der Waals surface area contributed by atoms with Gasteiger partial charge in [-0.05, 0) is 23.3 Å². The summed E-state index contributed by atoms with van der Waals surface area (Å²) in [6.07, 6.45) is 0. The van der Waals surface area contributed by atoms with E-state index < -0.39 is 0 Å². The normalized spacial score (nSPS) is 18.9. The molecule has 1 aliphatic heterocycles. The van der Waals surface area contributed by atoms with Gasteiger partial charge in [0.05, 0.1) is 0 Å². The summed E-state index contributed by atoms with van der Waals surface area (Å²) in [5, 5.41) is 6.16. The summed E-state index contributed by atoms with van der Waals surface area (Å²) >= 11 is 0. The molecule has 0 unspecified atom stereocenters. The summed E-state index contributed by atoms with van der Waals surface area (Å²) in [7, 11) is 0. The van der Waals surface area contributed by atoms with Gasteiger partial charge in [0.1, 0.15) is 0 Å². The van der Waals surface area contributed by atoms with Gasteiger partial charge in [0.2, 0.25) is 0 Å². The SMILES string of the molecule is C[C@H](c1cccc2ccccc12)N1CCNCC1. The number of nitrogens with one attached hydrogen (secondary N) is 1. The first-order valence-electron chi connectivity index (χ1n) is 6.79. The van der Waals surface area contributed by atoms with Gasteiger partial charge in [-0.3, -0.25) is 4.90 Å². The van der Waals surface area contributed by atoms with Gasteiger partial charge in [0.25, 0.3) is 0 Å². The Kier molecular flexibility index (Phi) is 3.31. The molecule has 18 heavy (non-hydrogen) atoms. The van der Waals surface area contributed by atoms with Crippen molar-refractivity contribution in [2.24, 2.45) is 0 Å². The van der Waals surface area contributed by atoms with Crippen molar-refractivity contribution in [3.05, 3.63) is 48.0 Å². The fourth-order valence-corrected chi connectivity index (χ4v) is 2.88. The minimum atomic E-state index is 0.498. The number of hydrogen-bond acceptors (Lipinski definition) is 2. The molecule has 0 aromatic heterocycles. The van der Waals surface area contributed by atoms with Crippen LogP contribution in [0.25, 0.3) is 10.8 Å². The van der Waals surface area contributed by atoms with E-state index >= 15 is 0 Å². The highest BCUT2D eigenvalue weighted by molar-refractivity contribution is 5.86. The van der Waals surface area contributed by atoms with Crippen LogP contribution in [0.3, 0.4) is 0 Å². The molecule has 0 amide bonds. The van der Waals surface area contributed by atoms with Crippen LogP contribution in [0.4, 0.5) is 0 Å². The zero-order valence-corrected chi connectivity index (χ0v) is 10.9. The van der Waals surface area contributed by atoms with Crippen LogP contribution >= 0.6 is 0 Å². The van der Waals surface area contributed by atoms with Crippen molar-refractivity contribution in [3.8, 4) is 0 Å². The largest absolute Gasteiger partial charge is 0.314 e. The lowest BCUT2D eigenvalue weighted by Crippen LogP contribution is -2.44. The van der Waals surface area contributed by atoms with Gasteiger partial charge < -0.3 is 5.32 Å². The molecule has 0 saturated carbocycles. The quantitative estimate of drug-likeness (QED) is 0.868. The predicted octanol–water partition coefficient (Wildman–Crippen LogP) is 2.81. The molecule has 94 valence electrons. The van der Waals surface area contributed by atoms with E-state index in [9.17, 15) is 0 Å². The highest BCUT2D eigenvalue weighted by Gasteiger charge is 2.19. The molecule has 0 aliphatic carbocycles. The second-order valence-electron chi connectivity index (χ2n) is 5.03. The van der Waals surface area contributed by atoms with E-state index in [1.165, 1.54) is 16.3 Å². The van der Waals surface area contributed by atoms with Crippen LogP contribution in [0.1, 0.15) is 18.5 Å². The van der Waals surface area contributed by atoms with Crippen molar-refractivity contribution < 1.29 is 0 Å². The average Bonchev–Trinajstić information content (AvgIpc) is 2.47. The van der Waals surface area contributed by atoms with Crippen LogP contribution in [0, 0.1) is 0 Å². The molecule has 1 heterocycles. The molecule has 0 spiro atoms. The van der Waals surface area contributed by atoms with E-state index in [2.05, 4.69) is 59.6 Å². The van der Waals surface area contributed by atoms with Crippen molar-refractivity contribution in [2.75, 3.05) is 26.2 Å². The molecule has 0 bridgehead atoms. The Balaban J connectivity index is 1.97. The molecule has 1 saturated heterocycles. The van der Waals surface area contributed by atoms with E-state index in [0.29, 0.717) is 6.04 Å². The summed E-state index contributed by atoms with van der Waals surface area (Å²) in [6.45, 7) is 6.83. The van der Waals surface area contributed by atoms with Crippen molar-refractivity contribution >= 4 is 10.8 Å². The summed E-state index contributed by atoms with van der Waals surface area (Å²) in [4.78, 5) is 2.57. The lowest BCUT2D eigenvalue weighted by atomic mass is 9.98. The summed E-state index contributed by atoms with van der Waals surface area (Å²) in [5.74, 6) is 0. The van der Waals surface area contributed by atoms with Crippen molar-refractivity contribution in [1.82, 2.24) is 10.2 Å². The van der Waals surface area contributed by atoms with Gasteiger partial charge >= 0.3 is 0 Å². The first-order chi connectivity index (χ1) is 8.86. The zero-order chi connectivity index (χ0) is 12.4. The Morgan fingerprint density at radius 2 is 1.72 bits per heavy atom. The van der Waals surface area contributed by atoms with E-state index in [1.807, 2.05) is 0 Å². The molecule has 2 nitrogen and oxygen atoms in total. The third kappa shape index (κ3) is 2.14. The lowest BCUT2D eigenvalue weighted by Gasteiger charge is -2.33. The summed E-state index contributed by atoms with van der Waals surface area (Å²) < 4.78 is 0. The minimum Gasteiger partial charge on any atom is -0.314 e. The molecule has 1 aliphatic rings. The van der Waals surface area contributed by atoms with E-state index in [1.54, 1.807) is 0 Å². The van der Waals surface area contributed by atoms with Gasteiger partial charge in [-0.2, -0.15) is 0 Å². The molecule has 1 fully saturated rings. The Hall–Kier alpha value is -1.38. The number of piperazine rings is 1. The van der Waals surface area contributed by atoms with Crippen LogP contribution in [0.15, 0.2) is 42.5 Å². The standard InChI is InChI=1S/C16H20N2/c1-13(18-11-9-17-10-12-18)15-8-4-6-14-5-2-3-7-16(14)15/h2-8,13,17H,9-12H2,1H3/t13-/m1/s1. The topological polar surface area (TPSA) is 15.3 Å². The monoisotopic (exact) mass is 240 g/mol. The van der Waals surface area contributed by atoms with Gasteiger partial charge in [-0.25, -0.2) is 0 Å². The fourth-order valence-electron chi connectivity index (χ4n) is 2.88. The molecule has 1 atom stereocenters. The first kappa shape index (κ1) is 11.7. The van der Waals surface area contributed by atoms with E-state index in [0.717, 1.165) is 26.2 Å². The third-order valence-electron chi connectivity index (χ3n) is 3.97. The van der Waals surface area contributed by atoms with Crippen LogP contribution in [-0.4, -0.2) is 31.1 Å². The van der Waals surface area contributed by atoms with E-state index in [-0.39, 0.29) is 0 Å². The molecule has 2 aromatic rings. The molecule has 1 N–H and O–H groups in total. The van der Waals surface area contributed by atoms with Crippen molar-refractivity contribution in [1.29, 1.82) is 0 Å².